The van der Waals surface area contributed by atoms with Crippen LogP contribution in [-0.4, -0.2) is 29.9 Å². The molecule has 0 aromatic heterocycles. The molecule has 0 bridgehead atoms. The molecule has 5 atom stereocenters. The van der Waals surface area contributed by atoms with Crippen molar-refractivity contribution >= 4 is 11.8 Å². The van der Waals surface area contributed by atoms with E-state index in [4.69, 9.17) is 18.9 Å². The third-order valence-electron chi connectivity index (χ3n) is 6.58. The van der Waals surface area contributed by atoms with Gasteiger partial charge in [-0.25, -0.2) is 0 Å². The highest BCUT2D eigenvalue weighted by Crippen LogP contribution is 2.38. The minimum Gasteiger partial charge on any atom is -0.368 e. The number of benzene rings is 4. The smallest absolute Gasteiger partial charge is 0.136 e. The normalized spacial score (nSPS) is 23.2. The van der Waals surface area contributed by atoms with Crippen LogP contribution in [0.15, 0.2) is 126 Å². The summed E-state index contributed by atoms with van der Waals surface area (Å²) in [6, 6.07) is 41.0. The molecule has 4 nitrogen and oxygen atoms in total. The third kappa shape index (κ3) is 7.34. The number of ether oxygens (including phenoxy) is 4. The SMILES string of the molecule is CC1O[C@@H](Sc2ccccc2)C(OCc2ccccc2)C(OCc2ccccc2)[C@H]1OCc1ccccc1. The molecular formula is C33H34O4S. The van der Waals surface area contributed by atoms with Gasteiger partial charge < -0.3 is 18.9 Å². The quantitative estimate of drug-likeness (QED) is 0.205. The van der Waals surface area contributed by atoms with Crippen LogP contribution in [0.25, 0.3) is 0 Å². The first-order valence-corrected chi connectivity index (χ1v) is 14.0. The predicted molar refractivity (Wildman–Crippen MR) is 152 cm³/mol. The van der Waals surface area contributed by atoms with Crippen LogP contribution in [-0.2, 0) is 38.8 Å². The summed E-state index contributed by atoms with van der Waals surface area (Å²) in [4.78, 5) is 1.13. The molecular weight excluding hydrogens is 492 g/mol. The van der Waals surface area contributed by atoms with Crippen LogP contribution in [0.3, 0.4) is 0 Å². The van der Waals surface area contributed by atoms with Crippen LogP contribution < -0.4 is 0 Å². The molecule has 1 saturated heterocycles. The Hall–Kier alpha value is -2.93. The predicted octanol–water partition coefficient (Wildman–Crippen LogP) is 7.28. The Morgan fingerprint density at radius 2 is 0.921 bits per heavy atom. The first-order valence-electron chi connectivity index (χ1n) is 13.1. The highest BCUT2D eigenvalue weighted by Gasteiger charge is 2.47. The molecule has 0 aliphatic carbocycles. The van der Waals surface area contributed by atoms with Crippen molar-refractivity contribution in [3.63, 3.8) is 0 Å². The van der Waals surface area contributed by atoms with Gasteiger partial charge in [0.15, 0.2) is 0 Å². The zero-order chi connectivity index (χ0) is 26.0. The number of rotatable bonds is 11. The summed E-state index contributed by atoms with van der Waals surface area (Å²) in [7, 11) is 0. The molecule has 0 N–H and O–H groups in total. The van der Waals surface area contributed by atoms with Gasteiger partial charge in [0.25, 0.3) is 0 Å². The lowest BCUT2D eigenvalue weighted by Gasteiger charge is -2.45. The van der Waals surface area contributed by atoms with E-state index in [9.17, 15) is 0 Å². The monoisotopic (exact) mass is 526 g/mol. The first kappa shape index (κ1) is 26.7. The van der Waals surface area contributed by atoms with E-state index in [1.807, 2.05) is 72.8 Å². The Labute approximate surface area is 229 Å². The zero-order valence-electron chi connectivity index (χ0n) is 21.6. The van der Waals surface area contributed by atoms with Gasteiger partial charge in [-0.15, -0.1) is 0 Å². The van der Waals surface area contributed by atoms with Gasteiger partial charge in [0, 0.05) is 4.90 Å². The van der Waals surface area contributed by atoms with Gasteiger partial charge >= 0.3 is 0 Å². The second kappa shape index (κ2) is 13.7. The summed E-state index contributed by atoms with van der Waals surface area (Å²) in [5, 5.41) is 0. The van der Waals surface area contributed by atoms with Crippen LogP contribution in [0.5, 0.6) is 0 Å². The Bertz CT molecular complexity index is 1210. The summed E-state index contributed by atoms with van der Waals surface area (Å²) >= 11 is 1.67. The van der Waals surface area contributed by atoms with Gasteiger partial charge in [-0.2, -0.15) is 0 Å². The minimum atomic E-state index is -0.346. The maximum absolute atomic E-state index is 6.67. The summed E-state index contributed by atoms with van der Waals surface area (Å²) in [5.41, 5.74) is 3.08. The van der Waals surface area contributed by atoms with Gasteiger partial charge in [0.05, 0.1) is 25.9 Å². The van der Waals surface area contributed by atoms with Gasteiger partial charge in [-0.05, 0) is 35.7 Å². The van der Waals surface area contributed by atoms with Crippen molar-refractivity contribution < 1.29 is 18.9 Å². The maximum atomic E-state index is 6.67. The van der Waals surface area contributed by atoms with Gasteiger partial charge in [-0.3, -0.25) is 0 Å². The molecule has 1 fully saturated rings. The van der Waals surface area contributed by atoms with E-state index in [2.05, 4.69) is 55.5 Å². The van der Waals surface area contributed by atoms with Gasteiger partial charge in [-0.1, -0.05) is 121 Å². The summed E-state index contributed by atoms with van der Waals surface area (Å²) in [6.07, 6.45) is -1.15. The Balaban J connectivity index is 1.41. The van der Waals surface area contributed by atoms with Crippen LogP contribution in [0.1, 0.15) is 23.6 Å². The molecule has 3 unspecified atom stereocenters. The fourth-order valence-electron chi connectivity index (χ4n) is 4.60. The van der Waals surface area contributed by atoms with Crippen molar-refractivity contribution in [3.8, 4) is 0 Å². The summed E-state index contributed by atoms with van der Waals surface area (Å²) in [6.45, 7) is 3.48. The number of hydrogen-bond acceptors (Lipinski definition) is 5. The van der Waals surface area contributed by atoms with Gasteiger partial charge in [0.1, 0.15) is 23.7 Å². The maximum Gasteiger partial charge on any atom is 0.136 e. The molecule has 4 aromatic rings. The molecule has 38 heavy (non-hydrogen) atoms. The standard InChI is InChI=1S/C33H34O4S/c1-25-30(34-22-26-14-6-2-7-15-26)31(35-23-27-16-8-3-9-17-27)32(36-24-28-18-10-4-11-19-28)33(37-25)38-29-20-12-5-13-21-29/h2-21,25,30-33H,22-24H2,1H3/t25?,30-,31?,32?,33-/m0/s1. The fourth-order valence-corrected chi connectivity index (χ4v) is 5.78. The molecule has 0 amide bonds. The van der Waals surface area contributed by atoms with Crippen molar-refractivity contribution in [2.24, 2.45) is 0 Å². The van der Waals surface area contributed by atoms with Crippen molar-refractivity contribution in [2.75, 3.05) is 0 Å². The fraction of sp³-hybridized carbons (Fsp3) is 0.273. The van der Waals surface area contributed by atoms with Crippen molar-refractivity contribution in [3.05, 3.63) is 138 Å². The molecule has 0 spiro atoms. The highest BCUT2D eigenvalue weighted by molar-refractivity contribution is 7.99. The van der Waals surface area contributed by atoms with Crippen LogP contribution in [0, 0.1) is 0 Å². The number of thioether (sulfide) groups is 1. The average Bonchev–Trinajstić information content (AvgIpc) is 2.97. The molecule has 1 heterocycles. The summed E-state index contributed by atoms with van der Waals surface area (Å²) in [5.74, 6) is 0. The van der Waals surface area contributed by atoms with E-state index >= 15 is 0 Å². The highest BCUT2D eigenvalue weighted by atomic mass is 32.2. The Kier molecular flexibility index (Phi) is 9.64. The molecule has 1 aliphatic heterocycles. The lowest BCUT2D eigenvalue weighted by atomic mass is 9.99. The van der Waals surface area contributed by atoms with Crippen molar-refractivity contribution in [1.82, 2.24) is 0 Å². The first-order chi connectivity index (χ1) is 18.8. The van der Waals surface area contributed by atoms with E-state index in [1.54, 1.807) is 11.8 Å². The molecule has 0 saturated carbocycles. The lowest BCUT2D eigenvalue weighted by Crippen LogP contribution is -2.58. The zero-order valence-corrected chi connectivity index (χ0v) is 22.4. The topological polar surface area (TPSA) is 36.9 Å². The van der Waals surface area contributed by atoms with E-state index in [0.717, 1.165) is 21.6 Å². The molecule has 4 aromatic carbocycles. The largest absolute Gasteiger partial charge is 0.368 e. The van der Waals surface area contributed by atoms with Crippen LogP contribution in [0.4, 0.5) is 0 Å². The van der Waals surface area contributed by atoms with Crippen LogP contribution >= 0.6 is 11.8 Å². The van der Waals surface area contributed by atoms with Crippen LogP contribution in [0.2, 0.25) is 0 Å². The molecule has 5 rings (SSSR count). The van der Waals surface area contributed by atoms with E-state index in [1.165, 1.54) is 0 Å². The molecule has 5 heteroatoms. The molecule has 1 aliphatic rings. The molecule has 196 valence electrons. The number of hydrogen-bond donors (Lipinski definition) is 0. The third-order valence-corrected chi connectivity index (χ3v) is 7.73. The average molecular weight is 527 g/mol. The Morgan fingerprint density at radius 1 is 0.526 bits per heavy atom. The van der Waals surface area contributed by atoms with E-state index in [0.29, 0.717) is 19.8 Å². The second-order valence-electron chi connectivity index (χ2n) is 9.42. The second-order valence-corrected chi connectivity index (χ2v) is 10.6. The van der Waals surface area contributed by atoms with E-state index in [-0.39, 0.29) is 29.9 Å². The summed E-state index contributed by atoms with van der Waals surface area (Å²) < 4.78 is 26.4. The van der Waals surface area contributed by atoms with Crippen molar-refractivity contribution in [2.45, 2.75) is 61.5 Å². The van der Waals surface area contributed by atoms with Crippen molar-refractivity contribution in [1.29, 1.82) is 0 Å². The minimum absolute atomic E-state index is 0.183. The molecule has 0 radical (unpaired) electrons. The van der Waals surface area contributed by atoms with Gasteiger partial charge in [0.2, 0.25) is 0 Å². The van der Waals surface area contributed by atoms with E-state index < -0.39 is 0 Å². The Morgan fingerprint density at radius 3 is 1.39 bits per heavy atom. The lowest BCUT2D eigenvalue weighted by molar-refractivity contribution is -0.242.